The molecule has 0 radical (unpaired) electrons. The van der Waals surface area contributed by atoms with Crippen molar-refractivity contribution in [1.82, 2.24) is 9.88 Å². The SMILES string of the molecule is CC(C)N1CC[C@H](c2nc3ccccc3o2)C1. The zero-order valence-corrected chi connectivity index (χ0v) is 10.4. The molecule has 0 spiro atoms. The summed E-state index contributed by atoms with van der Waals surface area (Å²) >= 11 is 0. The van der Waals surface area contributed by atoms with E-state index in [-0.39, 0.29) is 0 Å². The highest BCUT2D eigenvalue weighted by molar-refractivity contribution is 5.72. The number of oxazole rings is 1. The van der Waals surface area contributed by atoms with Crippen LogP contribution in [-0.2, 0) is 0 Å². The Morgan fingerprint density at radius 3 is 2.88 bits per heavy atom. The number of nitrogens with zero attached hydrogens (tertiary/aromatic N) is 2. The van der Waals surface area contributed by atoms with Gasteiger partial charge in [0, 0.05) is 18.5 Å². The zero-order chi connectivity index (χ0) is 11.8. The molecule has 17 heavy (non-hydrogen) atoms. The fourth-order valence-corrected chi connectivity index (χ4v) is 2.52. The minimum atomic E-state index is 0.463. The first kappa shape index (κ1) is 10.8. The third kappa shape index (κ3) is 1.95. The average molecular weight is 230 g/mol. The van der Waals surface area contributed by atoms with Gasteiger partial charge in [-0.1, -0.05) is 12.1 Å². The normalized spacial score (nSPS) is 21.7. The van der Waals surface area contributed by atoms with Gasteiger partial charge in [0.15, 0.2) is 11.5 Å². The number of benzene rings is 1. The maximum atomic E-state index is 5.84. The van der Waals surface area contributed by atoms with Crippen molar-refractivity contribution in [3.63, 3.8) is 0 Å². The van der Waals surface area contributed by atoms with Crippen LogP contribution in [0.5, 0.6) is 0 Å². The summed E-state index contributed by atoms with van der Waals surface area (Å²) in [6, 6.07) is 8.61. The maximum absolute atomic E-state index is 5.84. The number of fused-ring (bicyclic) bond motifs is 1. The van der Waals surface area contributed by atoms with E-state index in [9.17, 15) is 0 Å². The molecule has 0 saturated carbocycles. The van der Waals surface area contributed by atoms with Gasteiger partial charge in [0.1, 0.15) is 5.52 Å². The van der Waals surface area contributed by atoms with E-state index < -0.39 is 0 Å². The molecule has 3 rings (SSSR count). The van der Waals surface area contributed by atoms with Crippen LogP contribution >= 0.6 is 0 Å². The molecule has 1 aromatic heterocycles. The minimum Gasteiger partial charge on any atom is -0.440 e. The molecular formula is C14H18N2O. The summed E-state index contributed by atoms with van der Waals surface area (Å²) in [5.41, 5.74) is 1.89. The highest BCUT2D eigenvalue weighted by atomic mass is 16.3. The summed E-state index contributed by atoms with van der Waals surface area (Å²) in [5.74, 6) is 1.37. The Labute approximate surface area is 101 Å². The Morgan fingerprint density at radius 1 is 1.35 bits per heavy atom. The number of hydrogen-bond donors (Lipinski definition) is 0. The third-order valence-electron chi connectivity index (χ3n) is 3.61. The highest BCUT2D eigenvalue weighted by Crippen LogP contribution is 2.29. The van der Waals surface area contributed by atoms with Crippen LogP contribution in [0, 0.1) is 0 Å². The average Bonchev–Trinajstić information content (AvgIpc) is 2.95. The summed E-state index contributed by atoms with van der Waals surface area (Å²) in [4.78, 5) is 7.08. The molecule has 1 saturated heterocycles. The molecular weight excluding hydrogens is 212 g/mol. The number of rotatable bonds is 2. The Hall–Kier alpha value is -1.35. The fraction of sp³-hybridized carbons (Fsp3) is 0.500. The van der Waals surface area contributed by atoms with Crippen LogP contribution in [0.3, 0.4) is 0 Å². The molecule has 1 fully saturated rings. The van der Waals surface area contributed by atoms with E-state index in [2.05, 4.69) is 23.7 Å². The van der Waals surface area contributed by atoms with Gasteiger partial charge in [-0.2, -0.15) is 0 Å². The molecule has 3 heteroatoms. The first-order chi connectivity index (χ1) is 8.24. The summed E-state index contributed by atoms with van der Waals surface area (Å²) < 4.78 is 5.84. The van der Waals surface area contributed by atoms with Crippen molar-refractivity contribution >= 4 is 11.1 Å². The van der Waals surface area contributed by atoms with Crippen LogP contribution in [0.1, 0.15) is 32.1 Å². The van der Waals surface area contributed by atoms with Crippen molar-refractivity contribution in [2.24, 2.45) is 0 Å². The second-order valence-electron chi connectivity index (χ2n) is 5.09. The zero-order valence-electron chi connectivity index (χ0n) is 10.4. The van der Waals surface area contributed by atoms with Gasteiger partial charge >= 0.3 is 0 Å². The molecule has 0 amide bonds. The van der Waals surface area contributed by atoms with Crippen molar-refractivity contribution in [1.29, 1.82) is 0 Å². The lowest BCUT2D eigenvalue weighted by atomic mass is 10.1. The van der Waals surface area contributed by atoms with Gasteiger partial charge in [0.05, 0.1) is 0 Å². The standard InChI is InChI=1S/C14H18N2O/c1-10(2)16-8-7-11(9-16)14-15-12-5-3-4-6-13(12)17-14/h3-6,10-11H,7-9H2,1-2H3/t11-/m0/s1. The van der Waals surface area contributed by atoms with E-state index in [1.807, 2.05) is 24.3 Å². The molecule has 1 aliphatic rings. The summed E-state index contributed by atoms with van der Waals surface area (Å²) in [7, 11) is 0. The first-order valence-electron chi connectivity index (χ1n) is 6.33. The van der Waals surface area contributed by atoms with Crippen LogP contribution < -0.4 is 0 Å². The number of para-hydroxylation sites is 2. The predicted molar refractivity (Wildman–Crippen MR) is 68.1 cm³/mol. The highest BCUT2D eigenvalue weighted by Gasteiger charge is 2.28. The Morgan fingerprint density at radius 2 is 2.18 bits per heavy atom. The van der Waals surface area contributed by atoms with E-state index in [0.29, 0.717) is 12.0 Å². The van der Waals surface area contributed by atoms with Gasteiger partial charge in [-0.15, -0.1) is 0 Å². The summed E-state index contributed by atoms with van der Waals surface area (Å²) in [6.07, 6.45) is 1.16. The molecule has 0 bridgehead atoms. The number of likely N-dealkylation sites (tertiary alicyclic amines) is 1. The van der Waals surface area contributed by atoms with Crippen LogP contribution in [0.15, 0.2) is 28.7 Å². The Kier molecular flexibility index (Phi) is 2.63. The molecule has 1 atom stereocenters. The molecule has 2 aromatic rings. The second kappa shape index (κ2) is 4.15. The smallest absolute Gasteiger partial charge is 0.199 e. The first-order valence-corrected chi connectivity index (χ1v) is 6.33. The number of aromatic nitrogens is 1. The van der Waals surface area contributed by atoms with Gasteiger partial charge in [0.2, 0.25) is 0 Å². The monoisotopic (exact) mass is 230 g/mol. The number of hydrogen-bond acceptors (Lipinski definition) is 3. The van der Waals surface area contributed by atoms with Crippen LogP contribution in [0.25, 0.3) is 11.1 Å². The molecule has 1 aliphatic heterocycles. The molecule has 0 N–H and O–H groups in total. The minimum absolute atomic E-state index is 0.463. The molecule has 0 unspecified atom stereocenters. The molecule has 1 aromatic carbocycles. The van der Waals surface area contributed by atoms with E-state index in [1.165, 1.54) is 0 Å². The Balaban J connectivity index is 1.85. The Bertz CT molecular complexity index is 485. The third-order valence-corrected chi connectivity index (χ3v) is 3.61. The van der Waals surface area contributed by atoms with E-state index >= 15 is 0 Å². The lowest BCUT2D eigenvalue weighted by Crippen LogP contribution is -2.27. The quantitative estimate of drug-likeness (QED) is 0.794. The van der Waals surface area contributed by atoms with Crippen molar-refractivity contribution in [2.45, 2.75) is 32.2 Å². The van der Waals surface area contributed by atoms with Gasteiger partial charge in [-0.25, -0.2) is 4.98 Å². The molecule has 2 heterocycles. The van der Waals surface area contributed by atoms with Crippen molar-refractivity contribution in [3.05, 3.63) is 30.2 Å². The second-order valence-corrected chi connectivity index (χ2v) is 5.09. The van der Waals surface area contributed by atoms with Crippen LogP contribution in [0.4, 0.5) is 0 Å². The van der Waals surface area contributed by atoms with Crippen molar-refractivity contribution in [2.75, 3.05) is 13.1 Å². The summed E-state index contributed by atoms with van der Waals surface area (Å²) in [6.45, 7) is 6.72. The van der Waals surface area contributed by atoms with Gasteiger partial charge in [-0.05, 0) is 38.9 Å². The van der Waals surface area contributed by atoms with Gasteiger partial charge < -0.3 is 9.32 Å². The maximum Gasteiger partial charge on any atom is 0.199 e. The summed E-state index contributed by atoms with van der Waals surface area (Å²) in [5, 5.41) is 0. The fourth-order valence-electron chi connectivity index (χ4n) is 2.52. The molecule has 3 nitrogen and oxygen atoms in total. The van der Waals surface area contributed by atoms with Crippen LogP contribution in [0.2, 0.25) is 0 Å². The lowest BCUT2D eigenvalue weighted by molar-refractivity contribution is 0.269. The molecule has 0 aliphatic carbocycles. The lowest BCUT2D eigenvalue weighted by Gasteiger charge is -2.19. The largest absolute Gasteiger partial charge is 0.440 e. The van der Waals surface area contributed by atoms with E-state index in [4.69, 9.17) is 4.42 Å². The topological polar surface area (TPSA) is 29.3 Å². The van der Waals surface area contributed by atoms with Gasteiger partial charge in [0.25, 0.3) is 0 Å². The predicted octanol–water partition coefficient (Wildman–Crippen LogP) is 3.03. The van der Waals surface area contributed by atoms with Gasteiger partial charge in [-0.3, -0.25) is 0 Å². The van der Waals surface area contributed by atoms with E-state index in [0.717, 1.165) is 36.5 Å². The van der Waals surface area contributed by atoms with Crippen molar-refractivity contribution < 1.29 is 4.42 Å². The van der Waals surface area contributed by atoms with E-state index in [1.54, 1.807) is 0 Å². The van der Waals surface area contributed by atoms with Crippen LogP contribution in [-0.4, -0.2) is 29.0 Å². The molecule has 90 valence electrons. The van der Waals surface area contributed by atoms with Crippen molar-refractivity contribution in [3.8, 4) is 0 Å².